The molecule has 0 radical (unpaired) electrons. The van der Waals surface area contributed by atoms with Crippen LogP contribution in [0.3, 0.4) is 0 Å². The lowest BCUT2D eigenvalue weighted by molar-refractivity contribution is -0.118. The van der Waals surface area contributed by atoms with Crippen molar-refractivity contribution in [2.45, 2.75) is 18.9 Å². The molecule has 4 rings (SSSR count). The lowest BCUT2D eigenvalue weighted by Crippen LogP contribution is -2.32. The summed E-state index contributed by atoms with van der Waals surface area (Å²) in [7, 11) is 3.40. The van der Waals surface area contributed by atoms with Gasteiger partial charge in [-0.3, -0.25) is 9.59 Å². The Morgan fingerprint density at radius 3 is 2.50 bits per heavy atom. The molecule has 1 heterocycles. The molecule has 0 saturated heterocycles. The van der Waals surface area contributed by atoms with Gasteiger partial charge in [0, 0.05) is 24.7 Å². The Bertz CT molecular complexity index is 1080. The summed E-state index contributed by atoms with van der Waals surface area (Å²) >= 11 is 0. The van der Waals surface area contributed by atoms with Gasteiger partial charge in [0.25, 0.3) is 5.91 Å². The van der Waals surface area contributed by atoms with Crippen molar-refractivity contribution in [3.8, 4) is 5.75 Å². The minimum absolute atomic E-state index is 0.0990. The Morgan fingerprint density at radius 1 is 0.967 bits per heavy atom. The third-order valence-corrected chi connectivity index (χ3v) is 5.52. The van der Waals surface area contributed by atoms with Gasteiger partial charge in [-0.25, -0.2) is 0 Å². The fourth-order valence-corrected chi connectivity index (χ4v) is 3.84. The summed E-state index contributed by atoms with van der Waals surface area (Å²) in [6.45, 7) is 0. The van der Waals surface area contributed by atoms with Crippen molar-refractivity contribution in [3.63, 3.8) is 0 Å². The zero-order valence-corrected chi connectivity index (χ0v) is 17.1. The molecule has 3 aromatic carbocycles. The maximum absolute atomic E-state index is 13.2. The number of fused-ring (bicyclic) bond motifs is 1. The molecule has 30 heavy (non-hydrogen) atoms. The van der Waals surface area contributed by atoms with Crippen LogP contribution in [0.25, 0.3) is 0 Å². The number of hydrogen-bond acceptors (Lipinski definition) is 3. The Hall–Kier alpha value is -3.60. The first-order valence-electron chi connectivity index (χ1n) is 9.96. The summed E-state index contributed by atoms with van der Waals surface area (Å²) in [6, 6.07) is 22.8. The monoisotopic (exact) mass is 400 g/mol. The summed E-state index contributed by atoms with van der Waals surface area (Å²) in [5, 5.41) is 3.17. The second-order valence-electron chi connectivity index (χ2n) is 7.39. The molecule has 0 aromatic heterocycles. The molecule has 1 aliphatic heterocycles. The van der Waals surface area contributed by atoms with Gasteiger partial charge in [-0.1, -0.05) is 42.5 Å². The first-order chi connectivity index (χ1) is 14.6. The molecule has 0 fully saturated rings. The summed E-state index contributed by atoms with van der Waals surface area (Å²) in [4.78, 5) is 26.7. The Morgan fingerprint density at radius 2 is 1.73 bits per heavy atom. The normalized spacial score (nSPS) is 14.1. The van der Waals surface area contributed by atoms with Crippen molar-refractivity contribution in [2.75, 3.05) is 19.1 Å². The third kappa shape index (κ3) is 3.92. The highest BCUT2D eigenvalue weighted by Gasteiger charge is 2.23. The van der Waals surface area contributed by atoms with Crippen molar-refractivity contribution < 1.29 is 14.3 Å². The van der Waals surface area contributed by atoms with Gasteiger partial charge >= 0.3 is 0 Å². The highest BCUT2D eigenvalue weighted by atomic mass is 16.5. The first kappa shape index (κ1) is 19.7. The summed E-state index contributed by atoms with van der Waals surface area (Å²) in [5.74, 6) is 0.681. The van der Waals surface area contributed by atoms with Crippen molar-refractivity contribution in [3.05, 3.63) is 95.1 Å². The topological polar surface area (TPSA) is 58.6 Å². The fraction of sp³-hybridized carbons (Fsp3) is 0.200. The molecule has 1 aliphatic rings. The van der Waals surface area contributed by atoms with E-state index >= 15 is 0 Å². The maximum Gasteiger partial charge on any atom is 0.252 e. The van der Waals surface area contributed by atoms with E-state index in [-0.39, 0.29) is 17.9 Å². The molecular formula is C25H24N2O3. The zero-order valence-electron chi connectivity index (χ0n) is 17.1. The number of hydrogen-bond donors (Lipinski definition) is 1. The molecule has 152 valence electrons. The van der Waals surface area contributed by atoms with Crippen molar-refractivity contribution in [1.29, 1.82) is 0 Å². The number of ether oxygens (including phenoxy) is 1. The van der Waals surface area contributed by atoms with E-state index in [1.54, 1.807) is 25.1 Å². The maximum atomic E-state index is 13.2. The molecule has 1 atom stereocenters. The summed E-state index contributed by atoms with van der Waals surface area (Å²) in [5.41, 5.74) is 4.40. The van der Waals surface area contributed by atoms with Crippen LogP contribution in [0.5, 0.6) is 5.75 Å². The van der Waals surface area contributed by atoms with Gasteiger partial charge in [-0.05, 0) is 53.4 Å². The number of carbonyl (C=O) groups is 2. The van der Waals surface area contributed by atoms with Crippen LogP contribution < -0.4 is 15.0 Å². The predicted molar refractivity (Wildman–Crippen MR) is 117 cm³/mol. The van der Waals surface area contributed by atoms with E-state index in [2.05, 4.69) is 5.32 Å². The minimum atomic E-state index is -0.311. The molecule has 5 nitrogen and oxygen atoms in total. The van der Waals surface area contributed by atoms with Crippen LogP contribution in [0.1, 0.15) is 39.5 Å². The molecule has 1 N–H and O–H groups in total. The third-order valence-electron chi connectivity index (χ3n) is 5.52. The molecule has 2 amide bonds. The van der Waals surface area contributed by atoms with E-state index in [4.69, 9.17) is 4.74 Å². The van der Waals surface area contributed by atoms with Crippen LogP contribution in [0.4, 0.5) is 5.69 Å². The molecule has 0 aliphatic carbocycles. The fourth-order valence-electron chi connectivity index (χ4n) is 3.84. The van der Waals surface area contributed by atoms with E-state index in [0.717, 1.165) is 28.1 Å². The first-order valence-corrected chi connectivity index (χ1v) is 9.96. The molecular weight excluding hydrogens is 376 g/mol. The van der Waals surface area contributed by atoms with E-state index in [0.29, 0.717) is 18.4 Å². The quantitative estimate of drug-likeness (QED) is 0.701. The zero-order chi connectivity index (χ0) is 21.1. The molecule has 3 aromatic rings. The molecule has 1 unspecified atom stereocenters. The number of rotatable bonds is 5. The lowest BCUT2D eigenvalue weighted by atomic mass is 9.96. The Kier molecular flexibility index (Phi) is 5.53. The predicted octanol–water partition coefficient (Wildman–Crippen LogP) is 4.12. The number of methoxy groups -OCH3 is 1. The van der Waals surface area contributed by atoms with E-state index in [1.807, 2.05) is 66.7 Å². The number of aryl methyl sites for hydroxylation is 1. The second-order valence-corrected chi connectivity index (χ2v) is 7.39. The van der Waals surface area contributed by atoms with Crippen LogP contribution in [0, 0.1) is 0 Å². The van der Waals surface area contributed by atoms with Gasteiger partial charge in [-0.15, -0.1) is 0 Å². The van der Waals surface area contributed by atoms with Crippen molar-refractivity contribution in [1.82, 2.24) is 5.32 Å². The second kappa shape index (κ2) is 8.41. The summed E-state index contributed by atoms with van der Waals surface area (Å²) < 4.78 is 5.37. The van der Waals surface area contributed by atoms with E-state index in [9.17, 15) is 9.59 Å². The minimum Gasteiger partial charge on any atom is -0.497 e. The van der Waals surface area contributed by atoms with Crippen molar-refractivity contribution >= 4 is 17.5 Å². The average molecular weight is 400 g/mol. The SMILES string of the molecule is COc1cccc(C(NC(=O)c2ccc3c(c2)CCC(=O)N3C)c2ccccc2)c1. The number of benzene rings is 3. The number of nitrogens with one attached hydrogen (secondary N) is 1. The van der Waals surface area contributed by atoms with E-state index in [1.165, 1.54) is 0 Å². The number of nitrogens with zero attached hydrogens (tertiary/aromatic N) is 1. The Labute approximate surface area is 176 Å². The largest absolute Gasteiger partial charge is 0.497 e. The van der Waals surface area contributed by atoms with Crippen LogP contribution in [0.2, 0.25) is 0 Å². The Balaban J connectivity index is 1.65. The number of amides is 2. The average Bonchev–Trinajstić information content (AvgIpc) is 2.80. The van der Waals surface area contributed by atoms with Crippen LogP contribution >= 0.6 is 0 Å². The van der Waals surface area contributed by atoms with Crippen LogP contribution in [0.15, 0.2) is 72.8 Å². The smallest absolute Gasteiger partial charge is 0.252 e. The molecule has 0 spiro atoms. The van der Waals surface area contributed by atoms with Gasteiger partial charge < -0.3 is 15.0 Å². The molecule has 0 saturated carbocycles. The van der Waals surface area contributed by atoms with Gasteiger partial charge in [-0.2, -0.15) is 0 Å². The number of anilines is 1. The van der Waals surface area contributed by atoms with Gasteiger partial charge in [0.1, 0.15) is 5.75 Å². The highest BCUT2D eigenvalue weighted by molar-refractivity contribution is 5.99. The standard InChI is InChI=1S/C25H24N2O3/c1-27-22-13-11-20(15-18(22)12-14-23(27)28)25(29)26-24(17-7-4-3-5-8-17)19-9-6-10-21(16-19)30-2/h3-11,13,15-16,24H,12,14H2,1-2H3,(H,26,29). The summed E-state index contributed by atoms with van der Waals surface area (Å²) in [6.07, 6.45) is 1.11. The van der Waals surface area contributed by atoms with Gasteiger partial charge in [0.05, 0.1) is 13.2 Å². The van der Waals surface area contributed by atoms with Gasteiger partial charge in [0.2, 0.25) is 5.91 Å². The van der Waals surface area contributed by atoms with Crippen LogP contribution in [-0.4, -0.2) is 26.0 Å². The van der Waals surface area contributed by atoms with Gasteiger partial charge in [0.15, 0.2) is 0 Å². The number of carbonyl (C=O) groups excluding carboxylic acids is 2. The molecule has 5 heteroatoms. The highest BCUT2D eigenvalue weighted by Crippen LogP contribution is 2.29. The van der Waals surface area contributed by atoms with E-state index < -0.39 is 0 Å². The lowest BCUT2D eigenvalue weighted by Gasteiger charge is -2.26. The van der Waals surface area contributed by atoms with Crippen LogP contribution in [-0.2, 0) is 11.2 Å². The van der Waals surface area contributed by atoms with Crippen molar-refractivity contribution in [2.24, 2.45) is 0 Å². The molecule has 0 bridgehead atoms.